The van der Waals surface area contributed by atoms with E-state index in [1.54, 1.807) is 6.33 Å². The first-order chi connectivity index (χ1) is 8.79. The summed E-state index contributed by atoms with van der Waals surface area (Å²) in [6.45, 7) is 3.81. The molecule has 1 aromatic heterocycles. The van der Waals surface area contributed by atoms with Crippen LogP contribution in [0.15, 0.2) is 42.9 Å². The van der Waals surface area contributed by atoms with Gasteiger partial charge >= 0.3 is 0 Å². The van der Waals surface area contributed by atoms with Crippen molar-refractivity contribution in [3.63, 3.8) is 0 Å². The van der Waals surface area contributed by atoms with Crippen molar-refractivity contribution >= 4 is 5.57 Å². The highest BCUT2D eigenvalue weighted by Crippen LogP contribution is 2.18. The zero-order chi connectivity index (χ0) is 12.8. The van der Waals surface area contributed by atoms with Gasteiger partial charge in [-0.3, -0.25) is 0 Å². The van der Waals surface area contributed by atoms with E-state index in [2.05, 4.69) is 16.9 Å². The topological polar surface area (TPSA) is 28.7 Å². The van der Waals surface area contributed by atoms with Crippen molar-refractivity contribution in [3.8, 4) is 0 Å². The second kappa shape index (κ2) is 6.15. The minimum Gasteiger partial charge on any atom is -0.351 e. The van der Waals surface area contributed by atoms with Gasteiger partial charge in [-0.25, -0.2) is 9.37 Å². The molecule has 0 spiro atoms. The minimum atomic E-state index is -0.186. The van der Waals surface area contributed by atoms with Gasteiger partial charge in [0.25, 0.3) is 0 Å². The lowest BCUT2D eigenvalue weighted by Gasteiger charge is -2.04. The Kier molecular flexibility index (Phi) is 4.29. The molecule has 1 N–H and O–H groups in total. The molecule has 18 heavy (non-hydrogen) atoms. The van der Waals surface area contributed by atoms with E-state index in [1.807, 2.05) is 24.4 Å². The van der Waals surface area contributed by atoms with Crippen molar-refractivity contribution < 1.29 is 4.39 Å². The molecule has 2 rings (SSSR count). The van der Waals surface area contributed by atoms with Crippen LogP contribution in [0.25, 0.3) is 5.57 Å². The molecule has 0 bridgehead atoms. The van der Waals surface area contributed by atoms with Crippen LogP contribution < -0.4 is 0 Å². The predicted molar refractivity (Wildman–Crippen MR) is 71.3 cm³/mol. The Hall–Kier alpha value is -1.90. The third-order valence-electron chi connectivity index (χ3n) is 2.90. The number of aromatic nitrogens is 2. The number of aryl methyl sites for hydroxylation is 1. The van der Waals surface area contributed by atoms with Gasteiger partial charge < -0.3 is 4.98 Å². The summed E-state index contributed by atoms with van der Waals surface area (Å²) in [5.74, 6) is -0.186. The number of aromatic amines is 1. The fraction of sp³-hybridized carbons (Fsp3) is 0.200. The molecule has 0 aliphatic heterocycles. The summed E-state index contributed by atoms with van der Waals surface area (Å²) in [5.41, 5.74) is 3.24. The lowest BCUT2D eigenvalue weighted by molar-refractivity contribution is 0.626. The van der Waals surface area contributed by atoms with Crippen molar-refractivity contribution in [2.45, 2.75) is 19.3 Å². The number of nitrogens with one attached hydrogen (secondary N) is 1. The molecule has 2 aromatic rings. The normalized spacial score (nSPS) is 11.8. The molecule has 2 nitrogen and oxygen atoms in total. The molecule has 1 heterocycles. The number of rotatable bonds is 5. The predicted octanol–water partition coefficient (Wildman–Crippen LogP) is 3.79. The maximum Gasteiger partial charge on any atom is 0.123 e. The van der Waals surface area contributed by atoms with Gasteiger partial charge in [-0.1, -0.05) is 18.2 Å². The summed E-state index contributed by atoms with van der Waals surface area (Å²) in [7, 11) is 0. The van der Waals surface area contributed by atoms with Gasteiger partial charge in [-0.2, -0.15) is 0 Å². The van der Waals surface area contributed by atoms with E-state index in [4.69, 9.17) is 0 Å². The summed E-state index contributed by atoms with van der Waals surface area (Å²) in [5, 5.41) is 0. The first-order valence-corrected chi connectivity index (χ1v) is 6.01. The van der Waals surface area contributed by atoms with Gasteiger partial charge in [-0.15, -0.1) is 0 Å². The van der Waals surface area contributed by atoms with Crippen molar-refractivity contribution in [1.29, 1.82) is 0 Å². The molecule has 3 heteroatoms. The van der Waals surface area contributed by atoms with Gasteiger partial charge in [0.1, 0.15) is 5.82 Å². The Labute approximate surface area is 107 Å². The van der Waals surface area contributed by atoms with Crippen molar-refractivity contribution in [2.75, 3.05) is 0 Å². The van der Waals surface area contributed by atoms with Crippen LogP contribution in [0.2, 0.25) is 0 Å². The van der Waals surface area contributed by atoms with Crippen LogP contribution >= 0.6 is 0 Å². The second-order valence-corrected chi connectivity index (χ2v) is 4.16. The fourth-order valence-corrected chi connectivity index (χ4v) is 1.90. The van der Waals surface area contributed by atoms with Crippen molar-refractivity contribution in [1.82, 2.24) is 9.97 Å². The van der Waals surface area contributed by atoms with E-state index >= 15 is 0 Å². The molecule has 0 unspecified atom stereocenters. The summed E-state index contributed by atoms with van der Waals surface area (Å²) >= 11 is 0. The lowest BCUT2D eigenvalue weighted by atomic mass is 10.0. The van der Waals surface area contributed by atoms with Gasteiger partial charge in [0.05, 0.1) is 12.0 Å². The molecular formula is C15H16FN2. The van der Waals surface area contributed by atoms with E-state index in [-0.39, 0.29) is 5.82 Å². The van der Waals surface area contributed by atoms with Gasteiger partial charge in [-0.05, 0) is 49.5 Å². The molecule has 0 fully saturated rings. The van der Waals surface area contributed by atoms with Crippen LogP contribution in [0.1, 0.15) is 24.1 Å². The smallest absolute Gasteiger partial charge is 0.123 e. The molecule has 0 atom stereocenters. The highest BCUT2D eigenvalue weighted by Gasteiger charge is 2.03. The maximum absolute atomic E-state index is 12.7. The Bertz CT molecular complexity index is 498. The molecule has 93 valence electrons. The van der Waals surface area contributed by atoms with Gasteiger partial charge in [0.2, 0.25) is 0 Å². The Balaban J connectivity index is 1.86. The maximum atomic E-state index is 12.7. The number of hydrogen-bond acceptors (Lipinski definition) is 1. The number of nitrogens with zero attached hydrogens (tertiary/aromatic N) is 1. The standard InChI is InChI=1S/C15H16FN2/c1-2-13(15-10-17-11-18-15)5-3-4-12-6-8-14(16)9-7-12/h2,6-11H,1,3-5H2,(H,17,18). The highest BCUT2D eigenvalue weighted by molar-refractivity contribution is 5.62. The number of halogens is 1. The van der Waals surface area contributed by atoms with E-state index in [1.165, 1.54) is 12.1 Å². The summed E-state index contributed by atoms with van der Waals surface area (Å²) in [6, 6.07) is 6.66. The van der Waals surface area contributed by atoms with Crippen LogP contribution in [0, 0.1) is 12.7 Å². The van der Waals surface area contributed by atoms with E-state index < -0.39 is 0 Å². The van der Waals surface area contributed by atoms with Crippen LogP contribution in [0.5, 0.6) is 0 Å². The van der Waals surface area contributed by atoms with Gasteiger partial charge in [0, 0.05) is 6.20 Å². The zero-order valence-corrected chi connectivity index (χ0v) is 10.2. The molecule has 0 aliphatic rings. The quantitative estimate of drug-likeness (QED) is 0.850. The average Bonchev–Trinajstić information content (AvgIpc) is 2.91. The molecule has 1 radical (unpaired) electrons. The van der Waals surface area contributed by atoms with E-state index in [9.17, 15) is 4.39 Å². The Morgan fingerprint density at radius 2 is 2.11 bits per heavy atom. The number of imidazole rings is 1. The van der Waals surface area contributed by atoms with Crippen LogP contribution in [0.3, 0.4) is 0 Å². The lowest BCUT2D eigenvalue weighted by Crippen LogP contribution is -1.89. The Morgan fingerprint density at radius 1 is 1.33 bits per heavy atom. The van der Waals surface area contributed by atoms with E-state index in [0.29, 0.717) is 0 Å². The summed E-state index contributed by atoms with van der Waals surface area (Å²) < 4.78 is 12.7. The molecule has 1 aromatic carbocycles. The fourth-order valence-electron chi connectivity index (χ4n) is 1.90. The first-order valence-electron chi connectivity index (χ1n) is 6.01. The first kappa shape index (κ1) is 12.6. The minimum absolute atomic E-state index is 0.186. The number of hydrogen-bond donors (Lipinski definition) is 1. The molecular weight excluding hydrogens is 227 g/mol. The summed E-state index contributed by atoms with van der Waals surface area (Å²) in [4.78, 5) is 7.15. The molecule has 0 saturated heterocycles. The van der Waals surface area contributed by atoms with Crippen molar-refractivity contribution in [3.05, 3.63) is 66.9 Å². The van der Waals surface area contributed by atoms with E-state index in [0.717, 1.165) is 36.1 Å². The number of H-pyrrole nitrogens is 1. The molecule has 0 aliphatic carbocycles. The Morgan fingerprint density at radius 3 is 2.72 bits per heavy atom. The average molecular weight is 243 g/mol. The number of benzene rings is 1. The monoisotopic (exact) mass is 243 g/mol. The van der Waals surface area contributed by atoms with Crippen LogP contribution in [-0.2, 0) is 6.42 Å². The van der Waals surface area contributed by atoms with Crippen LogP contribution in [0.4, 0.5) is 4.39 Å². The third-order valence-corrected chi connectivity index (χ3v) is 2.90. The second-order valence-electron chi connectivity index (χ2n) is 4.16. The van der Waals surface area contributed by atoms with Crippen molar-refractivity contribution in [2.24, 2.45) is 0 Å². The SMILES string of the molecule is [CH2]C=C(CCCc1ccc(F)cc1)c1c[nH]cn1. The number of allylic oxidation sites excluding steroid dienone is 2. The van der Waals surface area contributed by atoms with Gasteiger partial charge in [0.15, 0.2) is 0 Å². The zero-order valence-electron chi connectivity index (χ0n) is 10.2. The highest BCUT2D eigenvalue weighted by atomic mass is 19.1. The summed E-state index contributed by atoms with van der Waals surface area (Å²) in [6.07, 6.45) is 8.24. The molecule has 0 saturated carbocycles. The molecule has 0 amide bonds. The largest absolute Gasteiger partial charge is 0.351 e. The third kappa shape index (κ3) is 3.29. The van der Waals surface area contributed by atoms with Crippen LogP contribution in [-0.4, -0.2) is 9.97 Å².